The van der Waals surface area contributed by atoms with Crippen LogP contribution in [0.15, 0.2) is 42.5 Å². The molecule has 0 atom stereocenters. The van der Waals surface area contributed by atoms with Crippen molar-refractivity contribution in [2.45, 2.75) is 79.9 Å². The lowest BCUT2D eigenvalue weighted by Gasteiger charge is -2.16. The second kappa shape index (κ2) is 17.0. The van der Waals surface area contributed by atoms with E-state index in [4.69, 9.17) is 0 Å². The summed E-state index contributed by atoms with van der Waals surface area (Å²) in [6.45, 7) is 18.2. The highest BCUT2D eigenvalue weighted by molar-refractivity contribution is 6.38. The third-order valence-corrected chi connectivity index (χ3v) is 5.86. The van der Waals surface area contributed by atoms with Gasteiger partial charge >= 0.3 is 0 Å². The van der Waals surface area contributed by atoms with Gasteiger partial charge in [-0.1, -0.05) is 86.2 Å². The minimum Gasteiger partial charge on any atom is -0.348 e. The van der Waals surface area contributed by atoms with E-state index in [0.717, 1.165) is 49.9 Å². The minimum atomic E-state index is 0.0521. The summed E-state index contributed by atoms with van der Waals surface area (Å²) in [7, 11) is 4.29. The number of rotatable bonds is 4. The van der Waals surface area contributed by atoms with Crippen LogP contribution in [-0.2, 0) is 0 Å². The molecule has 1 aromatic carbocycles. The number of amides is 2. The van der Waals surface area contributed by atoms with Gasteiger partial charge in [0, 0.05) is 24.3 Å². The van der Waals surface area contributed by atoms with Gasteiger partial charge in [-0.3, -0.25) is 9.59 Å². The maximum absolute atomic E-state index is 12.1. The Morgan fingerprint density at radius 2 is 1.33 bits per heavy atom. The summed E-state index contributed by atoms with van der Waals surface area (Å²) in [6.07, 6.45) is 3.57. The van der Waals surface area contributed by atoms with Gasteiger partial charge in [0.1, 0.15) is 20.3 Å². The Bertz CT molecular complexity index is 847. The lowest BCUT2D eigenvalue weighted by atomic mass is 9.79. The SMILES string of the molecule is CC.CC.CC(C)c1cccc(C(=O)N2C[B]CC2)c1.CC(C)c1cccc(C(=O)N2C[B]CC2)n1. The molecule has 3 heterocycles. The summed E-state index contributed by atoms with van der Waals surface area (Å²) in [5, 5.41) is 0. The zero-order chi connectivity index (χ0) is 27.1. The van der Waals surface area contributed by atoms with Gasteiger partial charge in [-0.05, 0) is 54.6 Å². The quantitative estimate of drug-likeness (QED) is 0.485. The first kappa shape index (κ1) is 31.5. The van der Waals surface area contributed by atoms with E-state index in [2.05, 4.69) is 53.3 Å². The Morgan fingerprint density at radius 1 is 0.778 bits per heavy atom. The van der Waals surface area contributed by atoms with Crippen LogP contribution in [0.3, 0.4) is 0 Å². The Balaban J connectivity index is 0.000000317. The van der Waals surface area contributed by atoms with Gasteiger partial charge in [0.25, 0.3) is 11.8 Å². The summed E-state index contributed by atoms with van der Waals surface area (Å²) < 4.78 is 0. The fourth-order valence-corrected chi connectivity index (χ4v) is 3.81. The van der Waals surface area contributed by atoms with E-state index in [1.54, 1.807) is 6.07 Å². The first-order valence-electron chi connectivity index (χ1n) is 13.7. The number of hydrogen-bond donors (Lipinski definition) is 0. The number of benzene rings is 1. The van der Waals surface area contributed by atoms with Crippen LogP contribution in [0.25, 0.3) is 0 Å². The zero-order valence-corrected chi connectivity index (χ0v) is 23.8. The molecule has 4 rings (SSSR count). The number of nitrogens with zero attached hydrogens (tertiary/aromatic N) is 3. The summed E-state index contributed by atoms with van der Waals surface area (Å²) >= 11 is 0. The zero-order valence-electron chi connectivity index (χ0n) is 23.8. The number of carbonyl (C=O) groups excluding carboxylic acids is 2. The molecule has 2 amide bonds. The van der Waals surface area contributed by atoms with Gasteiger partial charge in [0.15, 0.2) is 0 Å². The Kier molecular flexibility index (Phi) is 14.9. The molecule has 0 saturated carbocycles. The van der Waals surface area contributed by atoms with Crippen molar-refractivity contribution in [2.75, 3.05) is 26.0 Å². The third-order valence-electron chi connectivity index (χ3n) is 5.86. The van der Waals surface area contributed by atoms with Crippen LogP contribution >= 0.6 is 0 Å². The molecule has 36 heavy (non-hydrogen) atoms. The molecular formula is C29H45B2N3O2. The van der Waals surface area contributed by atoms with Gasteiger partial charge < -0.3 is 9.80 Å². The van der Waals surface area contributed by atoms with Crippen molar-refractivity contribution in [3.8, 4) is 0 Å². The molecule has 0 aliphatic carbocycles. The van der Waals surface area contributed by atoms with Crippen molar-refractivity contribution in [2.24, 2.45) is 0 Å². The molecule has 2 aromatic rings. The maximum Gasteiger partial charge on any atom is 0.271 e. The molecule has 194 valence electrons. The fourth-order valence-electron chi connectivity index (χ4n) is 3.81. The third kappa shape index (κ3) is 9.48. The van der Waals surface area contributed by atoms with E-state index in [-0.39, 0.29) is 11.8 Å². The highest BCUT2D eigenvalue weighted by Gasteiger charge is 2.21. The van der Waals surface area contributed by atoms with Gasteiger partial charge in [-0.15, -0.1) is 0 Å². The molecule has 2 fully saturated rings. The number of hydrogen-bond acceptors (Lipinski definition) is 3. The predicted octanol–water partition coefficient (Wildman–Crippen LogP) is 6.14. The maximum atomic E-state index is 12.1. The van der Waals surface area contributed by atoms with E-state index in [9.17, 15) is 9.59 Å². The van der Waals surface area contributed by atoms with Crippen LogP contribution in [0.1, 0.15) is 99.3 Å². The minimum absolute atomic E-state index is 0.0521. The Labute approximate surface area is 221 Å². The van der Waals surface area contributed by atoms with Gasteiger partial charge in [0.2, 0.25) is 0 Å². The van der Waals surface area contributed by atoms with E-state index in [0.29, 0.717) is 17.5 Å². The van der Waals surface area contributed by atoms with Crippen LogP contribution in [0, 0.1) is 0 Å². The molecule has 2 radical (unpaired) electrons. The molecule has 0 spiro atoms. The average molecular weight is 489 g/mol. The Morgan fingerprint density at radius 3 is 1.83 bits per heavy atom. The lowest BCUT2D eigenvalue weighted by molar-refractivity contribution is 0.0790. The van der Waals surface area contributed by atoms with Crippen LogP contribution in [0.5, 0.6) is 0 Å². The van der Waals surface area contributed by atoms with Gasteiger partial charge in [-0.25, -0.2) is 4.98 Å². The first-order chi connectivity index (χ1) is 17.4. The molecule has 1 aromatic heterocycles. The highest BCUT2D eigenvalue weighted by Crippen LogP contribution is 2.18. The van der Waals surface area contributed by atoms with E-state index >= 15 is 0 Å². The summed E-state index contributed by atoms with van der Waals surface area (Å²) in [4.78, 5) is 32.3. The summed E-state index contributed by atoms with van der Waals surface area (Å²) in [5.74, 6) is 1.04. The molecular weight excluding hydrogens is 444 g/mol. The van der Waals surface area contributed by atoms with Crippen molar-refractivity contribution in [3.05, 3.63) is 65.0 Å². The van der Waals surface area contributed by atoms with E-state index in [1.807, 2.05) is 67.8 Å². The molecule has 7 heteroatoms. The van der Waals surface area contributed by atoms with Crippen molar-refractivity contribution in [1.82, 2.24) is 14.8 Å². The molecule has 0 unspecified atom stereocenters. The molecule has 0 N–H and O–H groups in total. The molecule has 2 saturated heterocycles. The number of aromatic nitrogens is 1. The molecule has 2 aliphatic rings. The summed E-state index contributed by atoms with van der Waals surface area (Å²) in [5.41, 5.74) is 3.60. The normalized spacial score (nSPS) is 13.9. The van der Waals surface area contributed by atoms with E-state index < -0.39 is 0 Å². The van der Waals surface area contributed by atoms with Crippen LogP contribution in [0.4, 0.5) is 0 Å². The first-order valence-corrected chi connectivity index (χ1v) is 13.7. The second-order valence-electron chi connectivity index (χ2n) is 9.04. The highest BCUT2D eigenvalue weighted by atomic mass is 16.2. The van der Waals surface area contributed by atoms with Crippen LogP contribution in [0.2, 0.25) is 12.6 Å². The van der Waals surface area contributed by atoms with Gasteiger partial charge in [0.05, 0.1) is 0 Å². The molecule has 0 bridgehead atoms. The van der Waals surface area contributed by atoms with Crippen molar-refractivity contribution >= 4 is 26.4 Å². The predicted molar refractivity (Wildman–Crippen MR) is 154 cm³/mol. The summed E-state index contributed by atoms with van der Waals surface area (Å²) in [6, 6.07) is 13.7. The lowest BCUT2D eigenvalue weighted by Crippen LogP contribution is -2.29. The topological polar surface area (TPSA) is 53.5 Å². The van der Waals surface area contributed by atoms with Crippen LogP contribution in [-0.4, -0.2) is 67.1 Å². The fraction of sp³-hybridized carbons (Fsp3) is 0.552. The van der Waals surface area contributed by atoms with Crippen molar-refractivity contribution in [3.63, 3.8) is 0 Å². The Hall–Kier alpha value is -2.56. The van der Waals surface area contributed by atoms with Gasteiger partial charge in [-0.2, -0.15) is 0 Å². The molecule has 2 aliphatic heterocycles. The van der Waals surface area contributed by atoms with E-state index in [1.165, 1.54) is 5.56 Å². The molecule has 5 nitrogen and oxygen atoms in total. The number of pyridine rings is 1. The van der Waals surface area contributed by atoms with Crippen molar-refractivity contribution < 1.29 is 9.59 Å². The standard InChI is InChI=1S/C13H17BNO.C12H16BN2O.2C2H6/c1-10(2)11-4-3-5-12(8-11)13(16)15-7-6-14-9-15;1-9(2)10-4-3-5-11(14-10)12(16)15-7-6-13-8-15;2*1-2/h3-5,8,10H,6-7,9H2,1-2H3;3-5,9H,6-8H2,1-2H3;2*1-2H3. The monoisotopic (exact) mass is 489 g/mol. The number of carbonyl (C=O) groups is 2. The largest absolute Gasteiger partial charge is 0.348 e. The smallest absolute Gasteiger partial charge is 0.271 e. The van der Waals surface area contributed by atoms with Crippen molar-refractivity contribution in [1.29, 1.82) is 0 Å². The van der Waals surface area contributed by atoms with Crippen LogP contribution < -0.4 is 0 Å². The second-order valence-corrected chi connectivity index (χ2v) is 9.04. The average Bonchev–Trinajstić information content (AvgIpc) is 3.66.